The number of para-hydroxylation sites is 1. The van der Waals surface area contributed by atoms with Crippen molar-refractivity contribution in [3.05, 3.63) is 47.8 Å². The van der Waals surface area contributed by atoms with Gasteiger partial charge in [0.25, 0.3) is 5.91 Å². The highest BCUT2D eigenvalue weighted by Crippen LogP contribution is 2.39. The molecule has 0 bridgehead atoms. The molecular formula is C21H27N5O2. The van der Waals surface area contributed by atoms with Crippen LogP contribution in [-0.4, -0.2) is 83.1 Å². The van der Waals surface area contributed by atoms with E-state index in [0.717, 1.165) is 24.2 Å². The Balaban J connectivity index is 1.49. The number of rotatable bonds is 5. The largest absolute Gasteiger partial charge is 0.348 e. The Hall–Kier alpha value is -2.67. The van der Waals surface area contributed by atoms with E-state index in [1.807, 2.05) is 41.3 Å². The maximum Gasteiger partial charge on any atom is 0.272 e. The number of benzene rings is 1. The maximum absolute atomic E-state index is 13.3. The van der Waals surface area contributed by atoms with Crippen molar-refractivity contribution in [2.24, 2.45) is 0 Å². The fourth-order valence-corrected chi connectivity index (χ4v) is 3.50. The van der Waals surface area contributed by atoms with Gasteiger partial charge < -0.3 is 9.80 Å². The highest BCUT2D eigenvalue weighted by Gasteiger charge is 2.31. The summed E-state index contributed by atoms with van der Waals surface area (Å²) in [6.07, 6.45) is 2.30. The molecule has 0 unspecified atom stereocenters. The van der Waals surface area contributed by atoms with E-state index < -0.39 is 0 Å². The Morgan fingerprint density at radius 2 is 1.75 bits per heavy atom. The predicted molar refractivity (Wildman–Crippen MR) is 107 cm³/mol. The van der Waals surface area contributed by atoms with E-state index in [1.165, 1.54) is 0 Å². The molecule has 2 aromatic rings. The Bertz CT molecular complexity index is 849. The number of hydrogen-bond acceptors (Lipinski definition) is 4. The average molecular weight is 381 g/mol. The second-order valence-corrected chi connectivity index (χ2v) is 7.83. The van der Waals surface area contributed by atoms with Crippen LogP contribution in [-0.2, 0) is 4.79 Å². The molecule has 0 N–H and O–H groups in total. The van der Waals surface area contributed by atoms with Crippen molar-refractivity contribution >= 4 is 11.8 Å². The summed E-state index contributed by atoms with van der Waals surface area (Å²) >= 11 is 0. The third-order valence-corrected chi connectivity index (χ3v) is 5.46. The van der Waals surface area contributed by atoms with Crippen molar-refractivity contribution in [2.75, 3.05) is 46.8 Å². The molecule has 7 heteroatoms. The molecule has 1 aliphatic carbocycles. The summed E-state index contributed by atoms with van der Waals surface area (Å²) in [5.74, 6) is 0.600. The number of amides is 2. The molecule has 2 amide bonds. The van der Waals surface area contributed by atoms with Crippen LogP contribution in [0, 0.1) is 0 Å². The lowest BCUT2D eigenvalue weighted by Crippen LogP contribution is -2.51. The van der Waals surface area contributed by atoms with E-state index in [-0.39, 0.29) is 11.8 Å². The molecule has 1 aromatic carbocycles. The SMILES string of the molecule is CN(C)C(=O)CN1CCN(C(=O)c2cc(C3CC3)nn2-c2ccccc2)CC1. The molecule has 0 radical (unpaired) electrons. The molecule has 2 aliphatic rings. The molecule has 28 heavy (non-hydrogen) atoms. The van der Waals surface area contributed by atoms with Crippen LogP contribution in [0.4, 0.5) is 0 Å². The molecular weight excluding hydrogens is 354 g/mol. The highest BCUT2D eigenvalue weighted by atomic mass is 16.2. The van der Waals surface area contributed by atoms with Crippen LogP contribution >= 0.6 is 0 Å². The lowest BCUT2D eigenvalue weighted by molar-refractivity contribution is -0.130. The van der Waals surface area contributed by atoms with Crippen LogP contribution in [0.3, 0.4) is 0 Å². The van der Waals surface area contributed by atoms with Crippen LogP contribution < -0.4 is 0 Å². The van der Waals surface area contributed by atoms with Gasteiger partial charge in [-0.05, 0) is 31.0 Å². The number of piperazine rings is 1. The van der Waals surface area contributed by atoms with E-state index in [9.17, 15) is 9.59 Å². The zero-order chi connectivity index (χ0) is 19.7. The third kappa shape index (κ3) is 3.94. The van der Waals surface area contributed by atoms with Crippen molar-refractivity contribution in [1.29, 1.82) is 0 Å². The number of hydrogen-bond donors (Lipinski definition) is 0. The Morgan fingerprint density at radius 1 is 1.07 bits per heavy atom. The molecule has 1 aromatic heterocycles. The second-order valence-electron chi connectivity index (χ2n) is 7.83. The molecule has 1 aliphatic heterocycles. The fourth-order valence-electron chi connectivity index (χ4n) is 3.50. The summed E-state index contributed by atoms with van der Waals surface area (Å²) < 4.78 is 1.79. The summed E-state index contributed by atoms with van der Waals surface area (Å²) in [6, 6.07) is 11.8. The Labute approximate surface area is 165 Å². The van der Waals surface area contributed by atoms with E-state index in [0.29, 0.717) is 44.3 Å². The minimum Gasteiger partial charge on any atom is -0.348 e. The normalized spacial score (nSPS) is 17.6. The lowest BCUT2D eigenvalue weighted by Gasteiger charge is -2.34. The molecule has 2 fully saturated rings. The second kappa shape index (κ2) is 7.75. The maximum atomic E-state index is 13.3. The van der Waals surface area contributed by atoms with Crippen molar-refractivity contribution in [3.63, 3.8) is 0 Å². The molecule has 7 nitrogen and oxygen atoms in total. The molecule has 2 heterocycles. The zero-order valence-corrected chi connectivity index (χ0v) is 16.5. The minimum absolute atomic E-state index is 0.0156. The summed E-state index contributed by atoms with van der Waals surface area (Å²) in [7, 11) is 3.54. The summed E-state index contributed by atoms with van der Waals surface area (Å²) in [6.45, 7) is 3.07. The van der Waals surface area contributed by atoms with E-state index in [2.05, 4.69) is 4.90 Å². The van der Waals surface area contributed by atoms with Crippen molar-refractivity contribution in [2.45, 2.75) is 18.8 Å². The van der Waals surface area contributed by atoms with Crippen LogP contribution in [0.5, 0.6) is 0 Å². The van der Waals surface area contributed by atoms with E-state index in [1.54, 1.807) is 23.7 Å². The number of nitrogens with zero attached hydrogens (tertiary/aromatic N) is 5. The third-order valence-electron chi connectivity index (χ3n) is 5.46. The van der Waals surface area contributed by atoms with E-state index >= 15 is 0 Å². The van der Waals surface area contributed by atoms with Gasteiger partial charge in [0.1, 0.15) is 5.69 Å². The standard InChI is InChI=1S/C21H27N5O2/c1-23(2)20(27)15-24-10-12-25(13-11-24)21(28)19-14-18(16-8-9-16)22-26(19)17-6-4-3-5-7-17/h3-7,14,16H,8-13,15H2,1-2H3. The number of carbonyl (C=O) groups excluding carboxylic acids is 2. The Kier molecular flexibility index (Phi) is 5.17. The van der Waals surface area contributed by atoms with Gasteiger partial charge in [-0.1, -0.05) is 18.2 Å². The number of likely N-dealkylation sites (N-methyl/N-ethyl adjacent to an activating group) is 1. The summed E-state index contributed by atoms with van der Waals surface area (Å²) in [5.41, 5.74) is 2.56. The van der Waals surface area contributed by atoms with Gasteiger partial charge in [0.15, 0.2) is 0 Å². The van der Waals surface area contributed by atoms with Crippen LogP contribution in [0.2, 0.25) is 0 Å². The topological polar surface area (TPSA) is 61.7 Å². The quantitative estimate of drug-likeness (QED) is 0.789. The first-order chi connectivity index (χ1) is 13.5. The van der Waals surface area contributed by atoms with E-state index in [4.69, 9.17) is 5.10 Å². The van der Waals surface area contributed by atoms with Gasteiger partial charge in [0.05, 0.1) is 17.9 Å². The van der Waals surface area contributed by atoms with Crippen LogP contribution in [0.25, 0.3) is 5.69 Å². The minimum atomic E-state index is 0.0156. The highest BCUT2D eigenvalue weighted by molar-refractivity contribution is 5.93. The first kappa shape index (κ1) is 18.7. The van der Waals surface area contributed by atoms with Crippen molar-refractivity contribution < 1.29 is 9.59 Å². The molecule has 1 saturated carbocycles. The monoisotopic (exact) mass is 381 g/mol. The smallest absolute Gasteiger partial charge is 0.272 e. The fraction of sp³-hybridized carbons (Fsp3) is 0.476. The van der Waals surface area contributed by atoms with Crippen molar-refractivity contribution in [1.82, 2.24) is 24.5 Å². The number of carbonyl (C=O) groups is 2. The Morgan fingerprint density at radius 3 is 2.36 bits per heavy atom. The average Bonchev–Trinajstić information content (AvgIpc) is 3.47. The molecule has 4 rings (SSSR count). The zero-order valence-electron chi connectivity index (χ0n) is 16.5. The summed E-state index contributed by atoms with van der Waals surface area (Å²) in [5, 5.41) is 4.74. The first-order valence-electron chi connectivity index (χ1n) is 9.90. The number of aromatic nitrogens is 2. The van der Waals surface area contributed by atoms with Crippen LogP contribution in [0.1, 0.15) is 34.9 Å². The molecule has 0 atom stereocenters. The predicted octanol–water partition coefficient (Wildman–Crippen LogP) is 1.60. The van der Waals surface area contributed by atoms with Gasteiger partial charge in [0.2, 0.25) is 5.91 Å². The molecule has 1 saturated heterocycles. The van der Waals surface area contributed by atoms with Gasteiger partial charge in [0, 0.05) is 46.2 Å². The van der Waals surface area contributed by atoms with Crippen LogP contribution in [0.15, 0.2) is 36.4 Å². The van der Waals surface area contributed by atoms with Gasteiger partial charge in [-0.3, -0.25) is 14.5 Å². The van der Waals surface area contributed by atoms with Gasteiger partial charge in [-0.2, -0.15) is 5.10 Å². The van der Waals surface area contributed by atoms with Gasteiger partial charge >= 0.3 is 0 Å². The molecule has 0 spiro atoms. The molecule has 148 valence electrons. The first-order valence-corrected chi connectivity index (χ1v) is 9.90. The lowest BCUT2D eigenvalue weighted by atomic mass is 10.2. The summed E-state index contributed by atoms with van der Waals surface area (Å²) in [4.78, 5) is 30.8. The van der Waals surface area contributed by atoms with Gasteiger partial charge in [-0.25, -0.2) is 4.68 Å². The van der Waals surface area contributed by atoms with Gasteiger partial charge in [-0.15, -0.1) is 0 Å². The van der Waals surface area contributed by atoms with Crippen molar-refractivity contribution in [3.8, 4) is 5.69 Å².